The number of hydrogen-bond acceptors (Lipinski definition) is 3. The van der Waals surface area contributed by atoms with Crippen molar-refractivity contribution in [1.82, 2.24) is 15.3 Å². The lowest BCUT2D eigenvalue weighted by Gasteiger charge is -2.23. The fourth-order valence-electron chi connectivity index (χ4n) is 2.76. The van der Waals surface area contributed by atoms with Crippen LogP contribution in [0.1, 0.15) is 48.7 Å². The van der Waals surface area contributed by atoms with Gasteiger partial charge in [-0.1, -0.05) is 0 Å². The van der Waals surface area contributed by atoms with E-state index in [4.69, 9.17) is 4.98 Å². The Labute approximate surface area is 96.7 Å². The topological polar surface area (TPSA) is 37.8 Å². The predicted molar refractivity (Wildman–Crippen MR) is 63.5 cm³/mol. The first-order valence-electron chi connectivity index (χ1n) is 6.49. The molecule has 0 saturated carbocycles. The summed E-state index contributed by atoms with van der Waals surface area (Å²) in [6, 6.07) is 0. The van der Waals surface area contributed by atoms with Crippen LogP contribution in [0.3, 0.4) is 0 Å². The van der Waals surface area contributed by atoms with Crippen molar-refractivity contribution in [2.45, 2.75) is 44.4 Å². The minimum atomic E-state index is 0.543. The third-order valence-electron chi connectivity index (χ3n) is 3.74. The zero-order valence-corrected chi connectivity index (χ0v) is 9.71. The third kappa shape index (κ3) is 1.96. The second-order valence-electron chi connectivity index (χ2n) is 4.95. The van der Waals surface area contributed by atoms with Crippen LogP contribution in [-0.2, 0) is 12.8 Å². The Balaban J connectivity index is 1.84. The standard InChI is InChI=1S/C13H19N3/c1-2-6-12-10(4-1)9-15-13(16-12)11-5-3-7-14-8-11/h9,11,14H,1-8H2. The van der Waals surface area contributed by atoms with E-state index < -0.39 is 0 Å². The van der Waals surface area contributed by atoms with Gasteiger partial charge in [-0.25, -0.2) is 9.97 Å². The Morgan fingerprint density at radius 3 is 3.00 bits per heavy atom. The molecule has 1 aromatic rings. The summed E-state index contributed by atoms with van der Waals surface area (Å²) < 4.78 is 0. The van der Waals surface area contributed by atoms with Crippen molar-refractivity contribution in [1.29, 1.82) is 0 Å². The third-order valence-corrected chi connectivity index (χ3v) is 3.74. The van der Waals surface area contributed by atoms with Crippen molar-refractivity contribution in [2.24, 2.45) is 0 Å². The molecule has 0 amide bonds. The van der Waals surface area contributed by atoms with Crippen LogP contribution in [-0.4, -0.2) is 23.1 Å². The van der Waals surface area contributed by atoms with Crippen molar-refractivity contribution in [3.8, 4) is 0 Å². The number of piperidine rings is 1. The normalized spacial score (nSPS) is 25.1. The van der Waals surface area contributed by atoms with Crippen molar-refractivity contribution >= 4 is 0 Å². The molecule has 1 atom stereocenters. The highest BCUT2D eigenvalue weighted by atomic mass is 14.9. The molecule has 3 nitrogen and oxygen atoms in total. The first kappa shape index (κ1) is 10.2. The summed E-state index contributed by atoms with van der Waals surface area (Å²) in [6.45, 7) is 2.21. The monoisotopic (exact) mass is 217 g/mol. The molecule has 86 valence electrons. The minimum Gasteiger partial charge on any atom is -0.316 e. The summed E-state index contributed by atoms with van der Waals surface area (Å²) in [4.78, 5) is 9.35. The minimum absolute atomic E-state index is 0.543. The fourth-order valence-corrected chi connectivity index (χ4v) is 2.76. The van der Waals surface area contributed by atoms with Crippen molar-refractivity contribution in [2.75, 3.05) is 13.1 Å². The Morgan fingerprint density at radius 2 is 2.12 bits per heavy atom. The zero-order valence-electron chi connectivity index (χ0n) is 9.71. The summed E-state index contributed by atoms with van der Waals surface area (Å²) in [7, 11) is 0. The van der Waals surface area contributed by atoms with Gasteiger partial charge in [0.05, 0.1) is 0 Å². The summed E-state index contributed by atoms with van der Waals surface area (Å²) >= 11 is 0. The molecule has 0 radical (unpaired) electrons. The van der Waals surface area contributed by atoms with Gasteiger partial charge in [-0.05, 0) is 50.6 Å². The smallest absolute Gasteiger partial charge is 0.132 e. The highest BCUT2D eigenvalue weighted by Crippen LogP contribution is 2.23. The zero-order chi connectivity index (χ0) is 10.8. The maximum Gasteiger partial charge on any atom is 0.132 e. The van der Waals surface area contributed by atoms with Crippen molar-refractivity contribution < 1.29 is 0 Å². The number of hydrogen-bond donors (Lipinski definition) is 1. The number of aromatic nitrogens is 2. The second kappa shape index (κ2) is 4.50. The maximum atomic E-state index is 4.79. The molecule has 1 fully saturated rings. The quantitative estimate of drug-likeness (QED) is 0.779. The van der Waals surface area contributed by atoms with Gasteiger partial charge in [0.1, 0.15) is 5.82 Å². The van der Waals surface area contributed by atoms with Crippen LogP contribution in [0.4, 0.5) is 0 Å². The van der Waals surface area contributed by atoms with Crippen LogP contribution < -0.4 is 5.32 Å². The number of fused-ring (bicyclic) bond motifs is 1. The van der Waals surface area contributed by atoms with Crippen LogP contribution >= 0.6 is 0 Å². The van der Waals surface area contributed by atoms with Gasteiger partial charge in [0, 0.05) is 24.4 Å². The second-order valence-corrected chi connectivity index (χ2v) is 4.95. The largest absolute Gasteiger partial charge is 0.316 e. The summed E-state index contributed by atoms with van der Waals surface area (Å²) in [6.07, 6.45) is 9.51. The van der Waals surface area contributed by atoms with Crippen LogP contribution in [0.5, 0.6) is 0 Å². The van der Waals surface area contributed by atoms with Gasteiger partial charge < -0.3 is 5.32 Å². The first-order valence-corrected chi connectivity index (χ1v) is 6.49. The first-order chi connectivity index (χ1) is 7.93. The Kier molecular flexibility index (Phi) is 2.87. The van der Waals surface area contributed by atoms with Crippen molar-refractivity contribution in [3.05, 3.63) is 23.3 Å². The predicted octanol–water partition coefficient (Wildman–Crippen LogP) is 1.82. The number of nitrogens with zero attached hydrogens (tertiary/aromatic N) is 2. The van der Waals surface area contributed by atoms with Gasteiger partial charge in [-0.2, -0.15) is 0 Å². The summed E-state index contributed by atoms with van der Waals surface area (Å²) in [5, 5.41) is 3.43. The molecule has 3 rings (SSSR count). The molecule has 1 saturated heterocycles. The lowest BCUT2D eigenvalue weighted by Crippen LogP contribution is -2.29. The van der Waals surface area contributed by atoms with Gasteiger partial charge in [0.15, 0.2) is 0 Å². The van der Waals surface area contributed by atoms with Gasteiger partial charge in [0.2, 0.25) is 0 Å². The van der Waals surface area contributed by atoms with E-state index in [2.05, 4.69) is 16.5 Å². The van der Waals surface area contributed by atoms with Gasteiger partial charge in [0.25, 0.3) is 0 Å². The average molecular weight is 217 g/mol. The molecule has 1 aromatic heterocycles. The van der Waals surface area contributed by atoms with Crippen molar-refractivity contribution in [3.63, 3.8) is 0 Å². The molecule has 1 aliphatic carbocycles. The molecule has 1 unspecified atom stereocenters. The lowest BCUT2D eigenvalue weighted by atomic mass is 9.95. The summed E-state index contributed by atoms with van der Waals surface area (Å²) in [5.41, 5.74) is 2.71. The SMILES string of the molecule is c1nc(C2CCCNC2)nc2c1CCCC2. The van der Waals surface area contributed by atoms with Crippen LogP contribution in [0, 0.1) is 0 Å². The molecular weight excluding hydrogens is 198 g/mol. The molecule has 0 bridgehead atoms. The lowest BCUT2D eigenvalue weighted by molar-refractivity contribution is 0.444. The van der Waals surface area contributed by atoms with Crippen LogP contribution in [0.2, 0.25) is 0 Å². The van der Waals surface area contributed by atoms with E-state index in [1.807, 2.05) is 0 Å². The highest BCUT2D eigenvalue weighted by Gasteiger charge is 2.20. The Bertz CT molecular complexity index is 369. The van der Waals surface area contributed by atoms with E-state index in [-0.39, 0.29) is 0 Å². The molecule has 0 aromatic carbocycles. The van der Waals surface area contributed by atoms with E-state index in [0.717, 1.165) is 25.3 Å². The molecule has 3 heteroatoms. The van der Waals surface area contributed by atoms with Gasteiger partial charge >= 0.3 is 0 Å². The molecular formula is C13H19N3. The molecule has 16 heavy (non-hydrogen) atoms. The van der Waals surface area contributed by atoms with E-state index >= 15 is 0 Å². The van der Waals surface area contributed by atoms with E-state index in [0.29, 0.717) is 5.92 Å². The number of aryl methyl sites for hydroxylation is 2. The number of rotatable bonds is 1. The maximum absolute atomic E-state index is 4.79. The average Bonchev–Trinajstić information content (AvgIpc) is 2.39. The summed E-state index contributed by atoms with van der Waals surface area (Å²) in [5.74, 6) is 1.62. The van der Waals surface area contributed by atoms with Crippen LogP contribution in [0.15, 0.2) is 6.20 Å². The highest BCUT2D eigenvalue weighted by molar-refractivity contribution is 5.21. The van der Waals surface area contributed by atoms with Gasteiger partial charge in [-0.3, -0.25) is 0 Å². The molecule has 1 N–H and O–H groups in total. The Hall–Kier alpha value is -0.960. The fraction of sp³-hybridized carbons (Fsp3) is 0.692. The van der Waals surface area contributed by atoms with E-state index in [1.54, 1.807) is 0 Å². The molecule has 0 spiro atoms. The van der Waals surface area contributed by atoms with E-state index in [1.165, 1.54) is 43.4 Å². The molecule has 2 aliphatic rings. The molecule has 1 aliphatic heterocycles. The van der Waals surface area contributed by atoms with E-state index in [9.17, 15) is 0 Å². The number of nitrogens with one attached hydrogen (secondary N) is 1. The Morgan fingerprint density at radius 1 is 1.19 bits per heavy atom. The molecule has 2 heterocycles. The van der Waals surface area contributed by atoms with Crippen LogP contribution in [0.25, 0.3) is 0 Å². The van der Waals surface area contributed by atoms with Gasteiger partial charge in [-0.15, -0.1) is 0 Å².